The molecule has 0 aliphatic heterocycles. The summed E-state index contributed by atoms with van der Waals surface area (Å²) in [6.07, 6.45) is 3.03. The number of carbonyl (C=O) groups is 1. The van der Waals surface area contributed by atoms with Crippen molar-refractivity contribution in [3.05, 3.63) is 0 Å². The van der Waals surface area contributed by atoms with Gasteiger partial charge in [0.25, 0.3) is 6.09 Å². The van der Waals surface area contributed by atoms with Crippen molar-refractivity contribution in [2.75, 3.05) is 20.1 Å². The van der Waals surface area contributed by atoms with Crippen LogP contribution in [0.4, 0.5) is 4.79 Å². The Labute approximate surface area is 80.9 Å². The Morgan fingerprint density at radius 3 is 1.77 bits per heavy atom. The SMILES string of the molecule is CCCC[N+](C)(CCCC)C(=O)[O-]. The number of hydrogen-bond donors (Lipinski definition) is 0. The molecule has 0 unspecified atom stereocenters. The van der Waals surface area contributed by atoms with Gasteiger partial charge in [0, 0.05) is 0 Å². The first-order chi connectivity index (χ1) is 6.06. The number of rotatable bonds is 6. The molecule has 0 fully saturated rings. The maximum atomic E-state index is 10.9. The third kappa shape index (κ3) is 4.27. The smallest absolute Gasteiger partial charge is 0.257 e. The highest BCUT2D eigenvalue weighted by molar-refractivity contribution is 5.53. The van der Waals surface area contributed by atoms with E-state index < -0.39 is 6.09 Å². The van der Waals surface area contributed by atoms with E-state index in [1.165, 1.54) is 0 Å². The van der Waals surface area contributed by atoms with E-state index in [0.717, 1.165) is 25.7 Å². The van der Waals surface area contributed by atoms with Crippen molar-refractivity contribution in [3.63, 3.8) is 0 Å². The molecule has 0 saturated heterocycles. The van der Waals surface area contributed by atoms with Gasteiger partial charge >= 0.3 is 0 Å². The van der Waals surface area contributed by atoms with Gasteiger partial charge in [-0.25, -0.2) is 0 Å². The highest BCUT2D eigenvalue weighted by Gasteiger charge is 2.22. The first-order valence-corrected chi connectivity index (χ1v) is 5.13. The lowest BCUT2D eigenvalue weighted by atomic mass is 10.2. The summed E-state index contributed by atoms with van der Waals surface area (Å²) in [5, 5.41) is 10.9. The second kappa shape index (κ2) is 5.97. The van der Waals surface area contributed by atoms with Crippen LogP contribution in [0.5, 0.6) is 0 Å². The fourth-order valence-electron chi connectivity index (χ4n) is 1.31. The van der Waals surface area contributed by atoms with Gasteiger partial charge in [-0.2, -0.15) is 0 Å². The van der Waals surface area contributed by atoms with Crippen LogP contribution in [0.1, 0.15) is 39.5 Å². The summed E-state index contributed by atoms with van der Waals surface area (Å²) in [6.45, 7) is 5.52. The van der Waals surface area contributed by atoms with Gasteiger partial charge in [-0.3, -0.25) is 4.48 Å². The molecule has 3 nitrogen and oxygen atoms in total. The molecule has 0 aromatic heterocycles. The quantitative estimate of drug-likeness (QED) is 0.589. The van der Waals surface area contributed by atoms with Gasteiger partial charge in [0.05, 0.1) is 20.1 Å². The second-order valence-corrected chi connectivity index (χ2v) is 3.82. The molecule has 0 atom stereocenters. The van der Waals surface area contributed by atoms with E-state index in [1.807, 2.05) is 0 Å². The van der Waals surface area contributed by atoms with Gasteiger partial charge in [0.2, 0.25) is 0 Å². The van der Waals surface area contributed by atoms with Crippen molar-refractivity contribution in [1.29, 1.82) is 0 Å². The molecule has 78 valence electrons. The minimum atomic E-state index is -0.943. The monoisotopic (exact) mass is 187 g/mol. The average molecular weight is 187 g/mol. The van der Waals surface area contributed by atoms with Gasteiger partial charge in [0.1, 0.15) is 0 Å². The first-order valence-electron chi connectivity index (χ1n) is 5.13. The number of quaternary nitrogens is 1. The summed E-state index contributed by atoms with van der Waals surface area (Å²) in [4.78, 5) is 10.9. The van der Waals surface area contributed by atoms with E-state index in [-0.39, 0.29) is 4.48 Å². The molecule has 3 heteroatoms. The number of carbonyl (C=O) groups excluding carboxylic acids is 1. The summed E-state index contributed by atoms with van der Waals surface area (Å²) in [5.41, 5.74) is 0. The fraction of sp³-hybridized carbons (Fsp3) is 0.900. The van der Waals surface area contributed by atoms with Crippen molar-refractivity contribution >= 4 is 6.09 Å². The molecule has 0 saturated carbocycles. The molecule has 0 heterocycles. The largest absolute Gasteiger partial charge is 0.498 e. The van der Waals surface area contributed by atoms with Crippen molar-refractivity contribution in [1.82, 2.24) is 0 Å². The van der Waals surface area contributed by atoms with E-state index in [0.29, 0.717) is 13.1 Å². The molecule has 0 N–H and O–H groups in total. The Morgan fingerprint density at radius 2 is 1.54 bits per heavy atom. The molecule has 0 spiro atoms. The maximum Gasteiger partial charge on any atom is 0.257 e. The molecule has 0 aliphatic carbocycles. The molecule has 13 heavy (non-hydrogen) atoms. The summed E-state index contributed by atoms with van der Waals surface area (Å²) in [7, 11) is 1.75. The van der Waals surface area contributed by atoms with Crippen LogP contribution >= 0.6 is 0 Å². The molecule has 0 aromatic carbocycles. The molecular formula is C10H21NO2. The van der Waals surface area contributed by atoms with E-state index in [9.17, 15) is 9.90 Å². The number of unbranched alkanes of at least 4 members (excludes halogenated alkanes) is 2. The van der Waals surface area contributed by atoms with Crippen LogP contribution in [0.15, 0.2) is 0 Å². The minimum Gasteiger partial charge on any atom is -0.498 e. The third-order valence-corrected chi connectivity index (χ3v) is 2.45. The van der Waals surface area contributed by atoms with Crippen LogP contribution < -0.4 is 5.11 Å². The second-order valence-electron chi connectivity index (χ2n) is 3.82. The number of carboxylic acid groups (broad SMARTS) is 1. The predicted octanol–water partition coefficient (Wildman–Crippen LogP) is 1.38. The van der Waals surface area contributed by atoms with Gasteiger partial charge < -0.3 is 9.90 Å². The zero-order valence-electron chi connectivity index (χ0n) is 9.01. The van der Waals surface area contributed by atoms with Crippen LogP contribution in [0.2, 0.25) is 0 Å². The Bertz CT molecular complexity index is 149. The lowest BCUT2D eigenvalue weighted by Gasteiger charge is -2.33. The van der Waals surface area contributed by atoms with Crippen LogP contribution in [0.3, 0.4) is 0 Å². The molecular weight excluding hydrogens is 166 g/mol. The van der Waals surface area contributed by atoms with Gasteiger partial charge in [-0.05, 0) is 12.8 Å². The lowest BCUT2D eigenvalue weighted by Crippen LogP contribution is -2.56. The maximum absolute atomic E-state index is 10.9. The summed E-state index contributed by atoms with van der Waals surface area (Å²) in [6, 6.07) is 0. The molecule has 0 bridgehead atoms. The topological polar surface area (TPSA) is 40.1 Å². The Kier molecular flexibility index (Phi) is 5.71. The van der Waals surface area contributed by atoms with Crippen molar-refractivity contribution in [3.8, 4) is 0 Å². The Hall–Kier alpha value is -0.570. The molecule has 0 aliphatic rings. The minimum absolute atomic E-state index is 0.0711. The fourth-order valence-corrected chi connectivity index (χ4v) is 1.31. The zero-order valence-corrected chi connectivity index (χ0v) is 9.01. The molecule has 1 amide bonds. The van der Waals surface area contributed by atoms with Gasteiger partial charge in [-0.15, -0.1) is 0 Å². The highest BCUT2D eigenvalue weighted by Crippen LogP contribution is 2.07. The molecule has 0 aromatic rings. The normalized spacial score (nSPS) is 11.6. The molecule has 0 rings (SSSR count). The van der Waals surface area contributed by atoms with Crippen LogP contribution in [0.25, 0.3) is 0 Å². The van der Waals surface area contributed by atoms with Gasteiger partial charge in [0.15, 0.2) is 0 Å². The predicted molar refractivity (Wildman–Crippen MR) is 51.1 cm³/mol. The zero-order chi connectivity index (χ0) is 10.3. The lowest BCUT2D eigenvalue weighted by molar-refractivity contribution is -0.858. The van der Waals surface area contributed by atoms with Gasteiger partial charge in [-0.1, -0.05) is 26.7 Å². The number of hydrogen-bond acceptors (Lipinski definition) is 2. The summed E-state index contributed by atoms with van der Waals surface area (Å²) < 4.78 is 0.0711. The van der Waals surface area contributed by atoms with Crippen molar-refractivity contribution in [2.45, 2.75) is 39.5 Å². The summed E-state index contributed by atoms with van der Waals surface area (Å²) >= 11 is 0. The Morgan fingerprint density at radius 1 is 1.15 bits per heavy atom. The first kappa shape index (κ1) is 12.4. The number of amides is 1. The average Bonchev–Trinajstić information content (AvgIpc) is 2.11. The van der Waals surface area contributed by atoms with E-state index in [2.05, 4.69) is 13.8 Å². The van der Waals surface area contributed by atoms with E-state index in [1.54, 1.807) is 7.05 Å². The Balaban J connectivity index is 4.08. The number of nitrogens with zero attached hydrogens (tertiary/aromatic N) is 1. The van der Waals surface area contributed by atoms with Crippen molar-refractivity contribution in [2.24, 2.45) is 0 Å². The van der Waals surface area contributed by atoms with Crippen LogP contribution in [-0.2, 0) is 0 Å². The van der Waals surface area contributed by atoms with Crippen LogP contribution in [0, 0.1) is 0 Å². The molecule has 0 radical (unpaired) electrons. The van der Waals surface area contributed by atoms with Crippen LogP contribution in [-0.4, -0.2) is 30.7 Å². The van der Waals surface area contributed by atoms with Crippen molar-refractivity contribution < 1.29 is 14.4 Å². The third-order valence-electron chi connectivity index (χ3n) is 2.45. The van der Waals surface area contributed by atoms with E-state index >= 15 is 0 Å². The standard InChI is InChI=1S/C10H21NO2/c1-4-6-8-11(3,10(12)13)9-7-5-2/h4-9H2,1-3H3. The summed E-state index contributed by atoms with van der Waals surface area (Å²) in [5.74, 6) is 0. The highest BCUT2D eigenvalue weighted by atomic mass is 16.4. The van der Waals surface area contributed by atoms with E-state index in [4.69, 9.17) is 0 Å².